The summed E-state index contributed by atoms with van der Waals surface area (Å²) in [5.41, 5.74) is 4.02. The van der Waals surface area contributed by atoms with Gasteiger partial charge in [-0.05, 0) is 62.1 Å². The second-order valence-corrected chi connectivity index (χ2v) is 10.1. The van der Waals surface area contributed by atoms with Gasteiger partial charge in [-0.1, -0.05) is 55.8 Å². The fourth-order valence-electron chi connectivity index (χ4n) is 3.74. The second kappa shape index (κ2) is 12.4. The molecule has 5 nitrogen and oxygen atoms in total. The molecule has 0 aliphatic rings. The highest BCUT2D eigenvalue weighted by Crippen LogP contribution is 2.20. The Labute approximate surface area is 207 Å². The quantitative estimate of drug-likeness (QED) is 0.361. The number of rotatable bonds is 10. The third-order valence-electron chi connectivity index (χ3n) is 5.95. The molecule has 2 aromatic carbocycles. The minimum Gasteiger partial charge on any atom is -0.332 e. The van der Waals surface area contributed by atoms with Crippen LogP contribution in [0.4, 0.5) is 10.5 Å². The molecule has 6 heteroatoms. The summed E-state index contributed by atoms with van der Waals surface area (Å²) in [6.07, 6.45) is 1.79. The molecule has 1 N–H and O–H groups in total. The van der Waals surface area contributed by atoms with Crippen LogP contribution in [-0.2, 0) is 17.9 Å². The normalized spacial score (nSPS) is 10.7. The van der Waals surface area contributed by atoms with Crippen LogP contribution in [0.5, 0.6) is 0 Å². The van der Waals surface area contributed by atoms with E-state index in [-0.39, 0.29) is 18.5 Å². The highest BCUT2D eigenvalue weighted by atomic mass is 32.1. The van der Waals surface area contributed by atoms with E-state index in [1.165, 1.54) is 4.88 Å². The van der Waals surface area contributed by atoms with E-state index in [0.717, 1.165) is 40.1 Å². The largest absolute Gasteiger partial charge is 0.332 e. The van der Waals surface area contributed by atoms with Gasteiger partial charge in [0, 0.05) is 28.5 Å². The van der Waals surface area contributed by atoms with Crippen LogP contribution in [0.2, 0.25) is 0 Å². The van der Waals surface area contributed by atoms with Gasteiger partial charge >= 0.3 is 6.03 Å². The van der Waals surface area contributed by atoms with Crippen LogP contribution in [0, 0.1) is 20.8 Å². The lowest BCUT2D eigenvalue weighted by molar-refractivity contribution is -0.133. The number of hydrogen-bond donors (Lipinski definition) is 1. The molecule has 0 saturated heterocycles. The van der Waals surface area contributed by atoms with Gasteiger partial charge in [-0.15, -0.1) is 11.3 Å². The first-order valence-electron chi connectivity index (χ1n) is 11.9. The van der Waals surface area contributed by atoms with Crippen LogP contribution in [-0.4, -0.2) is 34.8 Å². The Hall–Kier alpha value is -3.12. The molecule has 3 amide bonds. The van der Waals surface area contributed by atoms with Crippen molar-refractivity contribution in [3.8, 4) is 0 Å². The highest BCUT2D eigenvalue weighted by molar-refractivity contribution is 7.11. The van der Waals surface area contributed by atoms with Crippen molar-refractivity contribution in [2.75, 3.05) is 18.4 Å². The number of carbonyl (C=O) groups is 2. The lowest BCUT2D eigenvalue weighted by Crippen LogP contribution is -2.44. The summed E-state index contributed by atoms with van der Waals surface area (Å²) in [4.78, 5) is 32.6. The second-order valence-electron chi connectivity index (χ2n) is 8.70. The standard InChI is InChI=1S/C28H35N3O2S/c1-5-6-17-30(28(33)29-26-14-10-11-21(2)23(26)4)20-27(32)31(18-24-12-8-7-9-13-24)19-25-16-15-22(3)34-25/h7-16H,5-6,17-20H2,1-4H3,(H,29,33). The summed E-state index contributed by atoms with van der Waals surface area (Å²) in [5.74, 6) is -0.0536. The SMILES string of the molecule is CCCCN(CC(=O)N(Cc1ccccc1)Cc1ccc(C)s1)C(=O)Nc1cccc(C)c1C. The maximum atomic E-state index is 13.5. The van der Waals surface area contributed by atoms with Crippen LogP contribution in [0.1, 0.15) is 46.2 Å². The molecule has 180 valence electrons. The van der Waals surface area contributed by atoms with Crippen molar-refractivity contribution in [3.05, 3.63) is 87.1 Å². The first-order valence-corrected chi connectivity index (χ1v) is 12.7. The molecule has 1 aromatic heterocycles. The number of benzene rings is 2. The molecule has 0 saturated carbocycles. The zero-order chi connectivity index (χ0) is 24.5. The van der Waals surface area contributed by atoms with Gasteiger partial charge < -0.3 is 15.1 Å². The molecule has 1 heterocycles. The predicted molar refractivity (Wildman–Crippen MR) is 141 cm³/mol. The summed E-state index contributed by atoms with van der Waals surface area (Å²) < 4.78 is 0. The van der Waals surface area contributed by atoms with E-state index in [1.54, 1.807) is 16.2 Å². The topological polar surface area (TPSA) is 52.7 Å². The smallest absolute Gasteiger partial charge is 0.322 e. The van der Waals surface area contributed by atoms with Gasteiger partial charge in [0.2, 0.25) is 5.91 Å². The molecule has 34 heavy (non-hydrogen) atoms. The third kappa shape index (κ3) is 7.19. The number of hydrogen-bond acceptors (Lipinski definition) is 3. The number of aryl methyl sites for hydroxylation is 2. The van der Waals surface area contributed by atoms with E-state index in [9.17, 15) is 9.59 Å². The number of thiophene rings is 1. The molecule has 0 atom stereocenters. The van der Waals surface area contributed by atoms with Crippen molar-refractivity contribution >= 4 is 29.0 Å². The zero-order valence-electron chi connectivity index (χ0n) is 20.6. The molecule has 0 bridgehead atoms. The van der Waals surface area contributed by atoms with Crippen molar-refractivity contribution in [3.63, 3.8) is 0 Å². The van der Waals surface area contributed by atoms with Crippen molar-refractivity contribution in [2.24, 2.45) is 0 Å². The molecular weight excluding hydrogens is 442 g/mol. The Kier molecular flexibility index (Phi) is 9.28. The van der Waals surface area contributed by atoms with Gasteiger partial charge in [0.15, 0.2) is 0 Å². The summed E-state index contributed by atoms with van der Waals surface area (Å²) in [5, 5.41) is 3.03. The van der Waals surface area contributed by atoms with E-state index in [1.807, 2.05) is 67.3 Å². The van der Waals surface area contributed by atoms with E-state index in [2.05, 4.69) is 31.3 Å². The fraction of sp³-hybridized carbons (Fsp3) is 0.357. The van der Waals surface area contributed by atoms with Crippen LogP contribution >= 0.6 is 11.3 Å². The maximum absolute atomic E-state index is 13.5. The number of carbonyl (C=O) groups excluding carboxylic acids is 2. The van der Waals surface area contributed by atoms with Gasteiger partial charge in [-0.3, -0.25) is 4.79 Å². The first-order chi connectivity index (χ1) is 16.4. The molecule has 0 radical (unpaired) electrons. The molecule has 0 fully saturated rings. The van der Waals surface area contributed by atoms with Gasteiger partial charge in [0.25, 0.3) is 0 Å². The molecule has 3 rings (SSSR count). The molecule has 0 unspecified atom stereocenters. The minimum atomic E-state index is -0.234. The summed E-state index contributed by atoms with van der Waals surface area (Å²) >= 11 is 1.70. The molecule has 0 aliphatic heterocycles. The summed E-state index contributed by atoms with van der Waals surface area (Å²) in [6.45, 7) is 9.81. The lowest BCUT2D eigenvalue weighted by atomic mass is 10.1. The highest BCUT2D eigenvalue weighted by Gasteiger charge is 2.22. The van der Waals surface area contributed by atoms with Crippen LogP contribution in [0.15, 0.2) is 60.7 Å². The van der Waals surface area contributed by atoms with Crippen molar-refractivity contribution < 1.29 is 9.59 Å². The summed E-state index contributed by atoms with van der Waals surface area (Å²) in [7, 11) is 0. The van der Waals surface area contributed by atoms with E-state index < -0.39 is 0 Å². The molecule has 0 aliphatic carbocycles. The number of unbranched alkanes of at least 4 members (excludes halogenated alkanes) is 1. The van der Waals surface area contributed by atoms with Gasteiger partial charge in [-0.2, -0.15) is 0 Å². The third-order valence-corrected chi connectivity index (χ3v) is 6.94. The van der Waals surface area contributed by atoms with E-state index in [0.29, 0.717) is 19.6 Å². The fourth-order valence-corrected chi connectivity index (χ4v) is 4.65. The van der Waals surface area contributed by atoms with Gasteiger partial charge in [0.05, 0.1) is 6.54 Å². The number of amides is 3. The molecule has 3 aromatic rings. The number of anilines is 1. The number of urea groups is 1. The Morgan fingerprint density at radius 3 is 2.32 bits per heavy atom. The van der Waals surface area contributed by atoms with Gasteiger partial charge in [-0.25, -0.2) is 4.79 Å². The maximum Gasteiger partial charge on any atom is 0.322 e. The van der Waals surface area contributed by atoms with Gasteiger partial charge in [0.1, 0.15) is 6.54 Å². The van der Waals surface area contributed by atoms with Crippen molar-refractivity contribution in [1.82, 2.24) is 9.80 Å². The molecule has 0 spiro atoms. The van der Waals surface area contributed by atoms with Crippen LogP contribution in [0.3, 0.4) is 0 Å². The zero-order valence-corrected chi connectivity index (χ0v) is 21.5. The predicted octanol–water partition coefficient (Wildman–Crippen LogP) is 6.54. The lowest BCUT2D eigenvalue weighted by Gasteiger charge is -2.28. The Balaban J connectivity index is 1.77. The minimum absolute atomic E-state index is 0.0495. The molecular formula is C28H35N3O2S. The first kappa shape index (κ1) is 25.5. The van der Waals surface area contributed by atoms with E-state index in [4.69, 9.17) is 0 Å². The van der Waals surface area contributed by atoms with Crippen molar-refractivity contribution in [2.45, 2.75) is 53.6 Å². The Morgan fingerprint density at radius 1 is 0.882 bits per heavy atom. The summed E-state index contributed by atoms with van der Waals surface area (Å²) in [6, 6.07) is 19.8. The number of nitrogens with zero attached hydrogens (tertiary/aromatic N) is 2. The Morgan fingerprint density at radius 2 is 1.65 bits per heavy atom. The average Bonchev–Trinajstić information content (AvgIpc) is 3.24. The number of nitrogens with one attached hydrogen (secondary N) is 1. The Bertz CT molecular complexity index is 1090. The van der Waals surface area contributed by atoms with E-state index >= 15 is 0 Å². The van der Waals surface area contributed by atoms with Crippen LogP contribution < -0.4 is 5.32 Å². The monoisotopic (exact) mass is 477 g/mol. The van der Waals surface area contributed by atoms with Crippen LogP contribution in [0.25, 0.3) is 0 Å². The van der Waals surface area contributed by atoms with Crippen molar-refractivity contribution in [1.29, 1.82) is 0 Å². The average molecular weight is 478 g/mol.